The first-order chi connectivity index (χ1) is 13.4. The van der Waals surface area contributed by atoms with Gasteiger partial charge in [0, 0.05) is 23.7 Å². The second kappa shape index (κ2) is 8.66. The Hall–Kier alpha value is -3.20. The van der Waals surface area contributed by atoms with Crippen LogP contribution in [0.2, 0.25) is 0 Å². The molecule has 2 aromatic heterocycles. The topological polar surface area (TPSA) is 113 Å². The molecule has 0 aliphatic carbocycles. The Balaban J connectivity index is 1.74. The number of amides is 2. The highest BCUT2D eigenvalue weighted by Gasteiger charge is 2.24. The molecule has 28 heavy (non-hydrogen) atoms. The first-order valence-electron chi connectivity index (χ1n) is 8.60. The number of nitrogens with one attached hydrogen (secondary N) is 3. The van der Waals surface area contributed by atoms with Crippen molar-refractivity contribution in [2.75, 3.05) is 5.73 Å². The fourth-order valence-corrected chi connectivity index (χ4v) is 3.34. The number of nitrogens with zero attached hydrogens (tertiary/aromatic N) is 1. The predicted molar refractivity (Wildman–Crippen MR) is 105 cm³/mol. The van der Waals surface area contributed by atoms with Crippen molar-refractivity contribution in [1.82, 2.24) is 20.6 Å². The van der Waals surface area contributed by atoms with Gasteiger partial charge in [-0.25, -0.2) is 9.37 Å². The van der Waals surface area contributed by atoms with E-state index in [9.17, 15) is 14.0 Å². The number of aromatic nitrogens is 2. The van der Waals surface area contributed by atoms with Gasteiger partial charge in [0.15, 0.2) is 5.13 Å². The highest BCUT2D eigenvalue weighted by Crippen LogP contribution is 2.14. The maximum absolute atomic E-state index is 14.1. The van der Waals surface area contributed by atoms with Crippen LogP contribution in [0.25, 0.3) is 0 Å². The van der Waals surface area contributed by atoms with Crippen LogP contribution in [0.15, 0.2) is 42.7 Å². The maximum Gasteiger partial charge on any atom is 0.268 e. The quantitative estimate of drug-likeness (QED) is 0.486. The molecule has 0 bridgehead atoms. The third kappa shape index (κ3) is 4.74. The zero-order valence-electron chi connectivity index (χ0n) is 15.2. The minimum Gasteiger partial charge on any atom is -0.375 e. The molecular weight excluding hydrogens is 381 g/mol. The lowest BCUT2D eigenvalue weighted by Gasteiger charge is -2.19. The van der Waals surface area contributed by atoms with Gasteiger partial charge in [-0.15, -0.1) is 11.3 Å². The number of H-pyrrole nitrogens is 1. The molecule has 0 saturated carbocycles. The lowest BCUT2D eigenvalue weighted by molar-refractivity contribution is -0.123. The molecule has 3 rings (SSSR count). The van der Waals surface area contributed by atoms with Crippen molar-refractivity contribution in [2.45, 2.75) is 25.9 Å². The molecular formula is C19H20FN5O2S. The van der Waals surface area contributed by atoms with E-state index in [0.29, 0.717) is 16.4 Å². The van der Waals surface area contributed by atoms with Crippen molar-refractivity contribution in [1.29, 1.82) is 0 Å². The number of anilines is 1. The Morgan fingerprint density at radius 3 is 2.75 bits per heavy atom. The zero-order valence-corrected chi connectivity index (χ0v) is 16.0. The van der Waals surface area contributed by atoms with Gasteiger partial charge in [-0.05, 0) is 30.2 Å². The standard InChI is InChI=1S/C19H20FN5O2S/c1-11-6-7-22-16(11)18(27)25-15(8-12-4-2-3-5-14(12)20)17(26)23-9-13-10-24-19(21)28-13/h2-7,10,15,22H,8-9H2,1H3,(H2,21,24)(H,23,26)(H,25,27)/t15-/m0/s1. The van der Waals surface area contributed by atoms with E-state index in [0.717, 1.165) is 10.4 Å². The van der Waals surface area contributed by atoms with Gasteiger partial charge in [0.05, 0.1) is 6.54 Å². The van der Waals surface area contributed by atoms with Crippen LogP contribution in [0.3, 0.4) is 0 Å². The number of benzene rings is 1. The minimum absolute atomic E-state index is 0.0227. The molecule has 1 aromatic carbocycles. The van der Waals surface area contributed by atoms with Crippen LogP contribution in [-0.4, -0.2) is 27.8 Å². The van der Waals surface area contributed by atoms with Crippen LogP contribution in [0.4, 0.5) is 9.52 Å². The number of thiazole rings is 1. The van der Waals surface area contributed by atoms with Gasteiger partial charge in [0.1, 0.15) is 17.6 Å². The minimum atomic E-state index is -0.947. The van der Waals surface area contributed by atoms with Gasteiger partial charge in [-0.1, -0.05) is 18.2 Å². The van der Waals surface area contributed by atoms with Gasteiger partial charge < -0.3 is 21.4 Å². The number of rotatable bonds is 7. The summed E-state index contributed by atoms with van der Waals surface area (Å²) < 4.78 is 14.1. The van der Waals surface area contributed by atoms with Crippen LogP contribution >= 0.6 is 11.3 Å². The molecule has 0 saturated heterocycles. The van der Waals surface area contributed by atoms with Crippen LogP contribution in [0, 0.1) is 12.7 Å². The van der Waals surface area contributed by atoms with Crippen molar-refractivity contribution in [2.24, 2.45) is 0 Å². The molecule has 7 nitrogen and oxygen atoms in total. The summed E-state index contributed by atoms with van der Waals surface area (Å²) in [6.07, 6.45) is 3.24. The molecule has 2 heterocycles. The molecule has 0 aliphatic rings. The number of hydrogen-bond donors (Lipinski definition) is 4. The molecule has 0 aliphatic heterocycles. The number of nitrogen functional groups attached to an aromatic ring is 1. The Kier molecular flexibility index (Phi) is 6.05. The molecule has 2 amide bonds. The highest BCUT2D eigenvalue weighted by molar-refractivity contribution is 7.15. The van der Waals surface area contributed by atoms with E-state index in [1.54, 1.807) is 43.6 Å². The summed E-state index contributed by atoms with van der Waals surface area (Å²) in [6.45, 7) is 2.00. The van der Waals surface area contributed by atoms with E-state index in [-0.39, 0.29) is 13.0 Å². The van der Waals surface area contributed by atoms with Crippen molar-refractivity contribution >= 4 is 28.3 Å². The average molecular weight is 401 g/mol. The summed E-state index contributed by atoms with van der Waals surface area (Å²) in [7, 11) is 0. The van der Waals surface area contributed by atoms with Crippen LogP contribution in [0.5, 0.6) is 0 Å². The van der Waals surface area contributed by atoms with E-state index in [1.165, 1.54) is 17.4 Å². The van der Waals surface area contributed by atoms with Crippen LogP contribution in [-0.2, 0) is 17.8 Å². The first-order valence-corrected chi connectivity index (χ1v) is 9.42. The Labute approximate surface area is 165 Å². The number of hydrogen-bond acceptors (Lipinski definition) is 5. The molecule has 0 unspecified atom stereocenters. The Bertz CT molecular complexity index is 984. The summed E-state index contributed by atoms with van der Waals surface area (Å²) in [6, 6.07) is 6.98. The van der Waals surface area contributed by atoms with Gasteiger partial charge in [0.25, 0.3) is 5.91 Å². The number of aromatic amines is 1. The molecule has 0 radical (unpaired) electrons. The smallest absolute Gasteiger partial charge is 0.268 e. The number of aryl methyl sites for hydroxylation is 1. The molecule has 3 aromatic rings. The maximum atomic E-state index is 14.1. The second-order valence-electron chi connectivity index (χ2n) is 6.24. The molecule has 146 valence electrons. The van der Waals surface area contributed by atoms with E-state index in [2.05, 4.69) is 20.6 Å². The predicted octanol–water partition coefficient (Wildman–Crippen LogP) is 2.16. The van der Waals surface area contributed by atoms with E-state index >= 15 is 0 Å². The third-order valence-corrected chi connectivity index (χ3v) is 5.02. The number of carbonyl (C=O) groups is 2. The van der Waals surface area contributed by atoms with Crippen molar-refractivity contribution in [3.8, 4) is 0 Å². The lowest BCUT2D eigenvalue weighted by atomic mass is 10.0. The lowest BCUT2D eigenvalue weighted by Crippen LogP contribution is -2.48. The highest BCUT2D eigenvalue weighted by atomic mass is 32.1. The van der Waals surface area contributed by atoms with Crippen LogP contribution < -0.4 is 16.4 Å². The summed E-state index contributed by atoms with van der Waals surface area (Å²) >= 11 is 1.26. The van der Waals surface area contributed by atoms with Gasteiger partial charge in [-0.3, -0.25) is 9.59 Å². The SMILES string of the molecule is Cc1cc[nH]c1C(=O)N[C@@H](Cc1ccccc1F)C(=O)NCc1cnc(N)s1. The molecule has 0 fully saturated rings. The first kappa shape index (κ1) is 19.6. The molecule has 0 spiro atoms. The van der Waals surface area contributed by atoms with E-state index in [4.69, 9.17) is 5.73 Å². The number of halogens is 1. The van der Waals surface area contributed by atoms with E-state index < -0.39 is 23.7 Å². The summed E-state index contributed by atoms with van der Waals surface area (Å²) in [5.74, 6) is -1.28. The third-order valence-electron chi connectivity index (χ3n) is 4.19. The fraction of sp³-hybridized carbons (Fsp3) is 0.211. The summed E-state index contributed by atoms with van der Waals surface area (Å²) in [5, 5.41) is 5.84. The average Bonchev–Trinajstić information content (AvgIpc) is 3.28. The monoisotopic (exact) mass is 401 g/mol. The van der Waals surface area contributed by atoms with Crippen molar-refractivity contribution in [3.63, 3.8) is 0 Å². The normalized spacial score (nSPS) is 11.8. The largest absolute Gasteiger partial charge is 0.375 e. The molecule has 1 atom stereocenters. The van der Waals surface area contributed by atoms with Gasteiger partial charge in [-0.2, -0.15) is 0 Å². The number of nitrogens with two attached hydrogens (primary N) is 1. The second-order valence-corrected chi connectivity index (χ2v) is 7.39. The Morgan fingerprint density at radius 1 is 1.32 bits per heavy atom. The van der Waals surface area contributed by atoms with E-state index in [1.807, 2.05) is 0 Å². The van der Waals surface area contributed by atoms with Gasteiger partial charge >= 0.3 is 0 Å². The van der Waals surface area contributed by atoms with Crippen molar-refractivity contribution < 1.29 is 14.0 Å². The molecule has 5 N–H and O–H groups in total. The Morgan fingerprint density at radius 2 is 2.11 bits per heavy atom. The fourth-order valence-electron chi connectivity index (χ4n) is 2.72. The zero-order chi connectivity index (χ0) is 20.1. The van der Waals surface area contributed by atoms with Gasteiger partial charge in [0.2, 0.25) is 5.91 Å². The van der Waals surface area contributed by atoms with Crippen LogP contribution in [0.1, 0.15) is 26.5 Å². The molecule has 9 heteroatoms. The summed E-state index contributed by atoms with van der Waals surface area (Å²) in [5.41, 5.74) is 7.05. The van der Waals surface area contributed by atoms with Crippen molar-refractivity contribution in [3.05, 3.63) is 70.2 Å². The number of carbonyl (C=O) groups excluding carboxylic acids is 2. The summed E-state index contributed by atoms with van der Waals surface area (Å²) in [4.78, 5) is 32.8.